The number of hydrogen-bond donors (Lipinski definition) is 1. The molecule has 0 aromatic carbocycles. The highest BCUT2D eigenvalue weighted by Crippen LogP contribution is 2.41. The summed E-state index contributed by atoms with van der Waals surface area (Å²) in [5.41, 5.74) is 0. The number of nitrogens with zero attached hydrogens (tertiary/aromatic N) is 1. The lowest BCUT2D eigenvalue weighted by Crippen LogP contribution is -2.31. The Morgan fingerprint density at radius 1 is 1.09 bits per heavy atom. The van der Waals surface area contributed by atoms with Crippen molar-refractivity contribution in [1.82, 2.24) is 4.90 Å². The van der Waals surface area contributed by atoms with E-state index in [9.17, 15) is 14.2 Å². The Balaban J connectivity index is 4.10. The van der Waals surface area contributed by atoms with Crippen LogP contribution in [0.2, 0.25) is 0 Å². The molecule has 0 saturated heterocycles. The highest BCUT2D eigenvalue weighted by Gasteiger charge is 2.19. The van der Waals surface area contributed by atoms with Crippen molar-refractivity contribution in [2.24, 2.45) is 0 Å². The van der Waals surface area contributed by atoms with E-state index < -0.39 is 20.4 Å². The Labute approximate surface area is 134 Å². The molecule has 0 radical (unpaired) electrons. The molecule has 1 atom stereocenters. The van der Waals surface area contributed by atoms with Gasteiger partial charge < -0.3 is 23.7 Å². The summed E-state index contributed by atoms with van der Waals surface area (Å²) in [5, 5.41) is 9.63. The first-order valence-electron chi connectivity index (χ1n) is 7.28. The van der Waals surface area contributed by atoms with Gasteiger partial charge in [-0.1, -0.05) is 6.08 Å². The summed E-state index contributed by atoms with van der Waals surface area (Å²) in [4.78, 5) is 1.92. The predicted octanol–water partition coefficient (Wildman–Crippen LogP) is 2.03. The van der Waals surface area contributed by atoms with Crippen LogP contribution < -0.4 is 0 Å². The summed E-state index contributed by atoms with van der Waals surface area (Å²) in [6.45, 7) is 12.1. The minimum Gasteiger partial charge on any atom is -0.388 e. The number of rotatable bonds is 13. The van der Waals surface area contributed by atoms with E-state index in [1.54, 1.807) is 32.7 Å². The minimum absolute atomic E-state index is 0.177. The molecule has 0 aliphatic heterocycles. The Kier molecular flexibility index (Phi) is 10.8. The highest BCUT2D eigenvalue weighted by atomic mass is 31.2. The quantitative estimate of drug-likeness (QED) is 0.309. The van der Waals surface area contributed by atoms with Crippen LogP contribution in [-0.2, 0) is 18.6 Å². The maximum atomic E-state index is 12.0. The van der Waals surface area contributed by atoms with Crippen LogP contribution in [0.4, 0.5) is 0 Å². The molecule has 0 aromatic heterocycles. The van der Waals surface area contributed by atoms with Crippen molar-refractivity contribution in [2.75, 3.05) is 72.2 Å². The van der Waals surface area contributed by atoms with E-state index in [1.165, 1.54) is 0 Å². The van der Waals surface area contributed by atoms with Gasteiger partial charge in [-0.3, -0.25) is 4.90 Å². The van der Waals surface area contributed by atoms with E-state index in [2.05, 4.69) is 6.58 Å². The predicted molar refractivity (Wildman–Crippen MR) is 93.2 cm³/mol. The average Bonchev–Trinajstić information content (AvgIpc) is 2.31. The zero-order valence-electron chi connectivity index (χ0n) is 14.2. The zero-order chi connectivity index (χ0) is 17.2. The second-order valence-electron chi connectivity index (χ2n) is 6.38. The van der Waals surface area contributed by atoms with E-state index in [0.717, 1.165) is 0 Å². The van der Waals surface area contributed by atoms with Crippen LogP contribution in [0.1, 0.15) is 0 Å². The van der Waals surface area contributed by atoms with Crippen molar-refractivity contribution in [2.45, 2.75) is 6.10 Å². The fourth-order valence-corrected chi connectivity index (χ4v) is 4.47. The third kappa shape index (κ3) is 15.0. The molecule has 1 unspecified atom stereocenters. The van der Waals surface area contributed by atoms with Crippen LogP contribution in [0, 0.1) is 0 Å². The smallest absolute Gasteiger partial charge is 0.101 e. The van der Waals surface area contributed by atoms with Gasteiger partial charge in [-0.25, -0.2) is 0 Å². The summed E-state index contributed by atoms with van der Waals surface area (Å²) < 4.78 is 34.5. The van der Waals surface area contributed by atoms with Crippen molar-refractivity contribution in [3.63, 3.8) is 0 Å². The Morgan fingerprint density at radius 3 is 2.05 bits per heavy atom. The molecule has 0 spiro atoms. The normalized spacial score (nSPS) is 14.3. The summed E-state index contributed by atoms with van der Waals surface area (Å²) >= 11 is 0. The van der Waals surface area contributed by atoms with Gasteiger partial charge in [0.15, 0.2) is 0 Å². The van der Waals surface area contributed by atoms with Crippen molar-refractivity contribution < 1.29 is 23.7 Å². The highest BCUT2D eigenvalue weighted by molar-refractivity contribution is 7.63. The number of aliphatic hydroxyl groups excluding tert-OH is 1. The van der Waals surface area contributed by atoms with E-state index >= 15 is 0 Å². The summed E-state index contributed by atoms with van der Waals surface area (Å²) in [5.74, 6) is 0. The molecule has 0 aliphatic rings. The van der Waals surface area contributed by atoms with Gasteiger partial charge in [-0.2, -0.15) is 0 Å². The largest absolute Gasteiger partial charge is 0.388 e. The molecule has 0 heterocycles. The fraction of sp³-hybridized carbons (Fsp3) is 0.857. The number of aliphatic hydroxyl groups is 1. The standard InChI is InChI=1S/C14H31NO5P2/c1-6-8-19-10-14(16)11-20-9-7-15(12-21(2,3)17)13-22(4,5)18/h6,14,16H,1,7-13H2,2-5H3. The minimum atomic E-state index is -2.22. The monoisotopic (exact) mass is 355 g/mol. The van der Waals surface area contributed by atoms with Gasteiger partial charge in [0.05, 0.1) is 53.3 Å². The molecule has 0 amide bonds. The number of hydrogen-bond acceptors (Lipinski definition) is 6. The van der Waals surface area contributed by atoms with Crippen molar-refractivity contribution >= 4 is 14.3 Å². The average molecular weight is 355 g/mol. The Hall–Kier alpha value is 0.0400. The molecule has 0 bridgehead atoms. The van der Waals surface area contributed by atoms with Crippen LogP contribution in [0.5, 0.6) is 0 Å². The molecule has 6 nitrogen and oxygen atoms in total. The van der Waals surface area contributed by atoms with Gasteiger partial charge in [-0.15, -0.1) is 6.58 Å². The Bertz CT molecular complexity index is 380. The van der Waals surface area contributed by atoms with Gasteiger partial charge >= 0.3 is 0 Å². The molecule has 8 heteroatoms. The second-order valence-corrected chi connectivity index (χ2v) is 13.2. The lowest BCUT2D eigenvalue weighted by molar-refractivity contribution is -0.0157. The third-order valence-electron chi connectivity index (χ3n) is 2.49. The molecule has 132 valence electrons. The molecule has 0 aliphatic carbocycles. The molecular weight excluding hydrogens is 324 g/mol. The molecule has 0 saturated carbocycles. The van der Waals surface area contributed by atoms with E-state index in [1.807, 2.05) is 4.90 Å². The molecular formula is C14H31NO5P2. The van der Waals surface area contributed by atoms with Crippen LogP contribution in [0.15, 0.2) is 12.7 Å². The topological polar surface area (TPSA) is 76.1 Å². The first kappa shape index (κ1) is 22.0. The zero-order valence-corrected chi connectivity index (χ0v) is 16.0. The maximum absolute atomic E-state index is 12.0. The third-order valence-corrected chi connectivity index (χ3v) is 4.65. The number of ether oxygens (including phenoxy) is 2. The van der Waals surface area contributed by atoms with Crippen molar-refractivity contribution in [3.05, 3.63) is 12.7 Å². The van der Waals surface area contributed by atoms with Gasteiger partial charge in [0.25, 0.3) is 0 Å². The first-order valence-corrected chi connectivity index (χ1v) is 12.9. The first-order chi connectivity index (χ1) is 10.0. The lowest BCUT2D eigenvalue weighted by Gasteiger charge is -2.26. The van der Waals surface area contributed by atoms with Gasteiger partial charge in [-0.05, 0) is 26.7 Å². The summed E-state index contributed by atoms with van der Waals surface area (Å²) in [7, 11) is -4.45. The van der Waals surface area contributed by atoms with Crippen LogP contribution >= 0.6 is 14.3 Å². The lowest BCUT2D eigenvalue weighted by atomic mass is 10.4. The molecule has 0 fully saturated rings. The van der Waals surface area contributed by atoms with E-state index in [-0.39, 0.29) is 13.2 Å². The Morgan fingerprint density at radius 2 is 1.59 bits per heavy atom. The van der Waals surface area contributed by atoms with Gasteiger partial charge in [0, 0.05) is 6.54 Å². The van der Waals surface area contributed by atoms with Crippen molar-refractivity contribution in [1.29, 1.82) is 0 Å². The molecule has 22 heavy (non-hydrogen) atoms. The van der Waals surface area contributed by atoms with Crippen LogP contribution in [0.3, 0.4) is 0 Å². The molecule has 1 N–H and O–H groups in total. The van der Waals surface area contributed by atoms with E-state index in [4.69, 9.17) is 9.47 Å². The molecule has 0 aromatic rings. The van der Waals surface area contributed by atoms with Crippen molar-refractivity contribution in [3.8, 4) is 0 Å². The van der Waals surface area contributed by atoms with E-state index in [0.29, 0.717) is 32.3 Å². The second kappa shape index (κ2) is 10.7. The summed E-state index contributed by atoms with van der Waals surface area (Å²) in [6.07, 6.45) is 1.79. The molecule has 0 rings (SSSR count). The van der Waals surface area contributed by atoms with Gasteiger partial charge in [0.2, 0.25) is 0 Å². The fourth-order valence-electron chi connectivity index (χ4n) is 1.90. The van der Waals surface area contributed by atoms with Crippen LogP contribution in [0.25, 0.3) is 0 Å². The van der Waals surface area contributed by atoms with Gasteiger partial charge in [0.1, 0.15) is 6.10 Å². The summed E-state index contributed by atoms with van der Waals surface area (Å²) in [6, 6.07) is 0. The SMILES string of the molecule is C=CCOCC(O)COCCN(CP(C)(C)=O)CP(C)(C)=O. The van der Waals surface area contributed by atoms with Crippen LogP contribution in [-0.4, -0.2) is 88.3 Å². The maximum Gasteiger partial charge on any atom is 0.101 e.